The van der Waals surface area contributed by atoms with Gasteiger partial charge in [-0.05, 0) is 49.6 Å². The molecule has 1 N–H and O–H groups in total. The fraction of sp³-hybridized carbons (Fsp3) is 0.381. The summed E-state index contributed by atoms with van der Waals surface area (Å²) in [5, 5.41) is 3.78. The number of para-hydroxylation sites is 1. The number of benzene rings is 2. The van der Waals surface area contributed by atoms with E-state index < -0.39 is 0 Å². The van der Waals surface area contributed by atoms with Crippen LogP contribution >= 0.6 is 11.6 Å². The highest BCUT2D eigenvalue weighted by molar-refractivity contribution is 6.32. The summed E-state index contributed by atoms with van der Waals surface area (Å²) in [6.45, 7) is 1.49. The Kier molecular flexibility index (Phi) is 6.53. The van der Waals surface area contributed by atoms with Crippen molar-refractivity contribution in [2.24, 2.45) is 0 Å². The molecule has 0 bridgehead atoms. The topological polar surface area (TPSA) is 41.6 Å². The first kappa shape index (κ1) is 18.7. The van der Waals surface area contributed by atoms with Gasteiger partial charge in [0.15, 0.2) is 0 Å². The highest BCUT2D eigenvalue weighted by Crippen LogP contribution is 2.29. The Labute approximate surface area is 160 Å². The van der Waals surface area contributed by atoms with Gasteiger partial charge in [0.1, 0.15) is 12.4 Å². The SMILES string of the molecule is CN(CCOc1ccccc1Cl)CC(=O)N[C@@H]1CCCc2ccccc21. The van der Waals surface area contributed by atoms with E-state index in [-0.39, 0.29) is 11.9 Å². The Bertz CT molecular complexity index is 750. The minimum atomic E-state index is 0.0481. The Morgan fingerprint density at radius 1 is 1.23 bits per heavy atom. The van der Waals surface area contributed by atoms with Crippen LogP contribution in [0.15, 0.2) is 48.5 Å². The van der Waals surface area contributed by atoms with E-state index in [9.17, 15) is 4.79 Å². The minimum absolute atomic E-state index is 0.0481. The second-order valence-electron chi connectivity index (χ2n) is 6.73. The van der Waals surface area contributed by atoms with Crippen molar-refractivity contribution in [2.45, 2.75) is 25.3 Å². The number of amides is 1. The summed E-state index contributed by atoms with van der Waals surface area (Å²) in [6.07, 6.45) is 3.22. The van der Waals surface area contributed by atoms with E-state index in [0.717, 1.165) is 19.3 Å². The first-order valence-corrected chi connectivity index (χ1v) is 9.44. The van der Waals surface area contributed by atoms with Crippen LogP contribution in [0.25, 0.3) is 0 Å². The molecule has 1 aliphatic rings. The van der Waals surface area contributed by atoms with E-state index in [1.807, 2.05) is 36.2 Å². The molecule has 0 radical (unpaired) electrons. The average Bonchev–Trinajstić information content (AvgIpc) is 2.63. The summed E-state index contributed by atoms with van der Waals surface area (Å²) in [6, 6.07) is 15.9. The van der Waals surface area contributed by atoms with Gasteiger partial charge in [-0.3, -0.25) is 9.69 Å². The first-order chi connectivity index (χ1) is 12.6. The van der Waals surface area contributed by atoms with E-state index in [1.54, 1.807) is 6.07 Å². The molecule has 2 aromatic rings. The maximum Gasteiger partial charge on any atom is 0.234 e. The number of rotatable bonds is 7. The molecule has 0 fully saturated rings. The Morgan fingerprint density at radius 3 is 2.85 bits per heavy atom. The summed E-state index contributed by atoms with van der Waals surface area (Å²) in [5.74, 6) is 0.720. The molecule has 3 rings (SSSR count). The standard InChI is InChI=1S/C21H25ClN2O2/c1-24(13-14-26-20-12-5-4-10-18(20)22)15-21(25)23-19-11-6-8-16-7-2-3-9-17(16)19/h2-5,7,9-10,12,19H,6,8,11,13-15H2,1H3,(H,23,25)/t19-/m1/s1. The lowest BCUT2D eigenvalue weighted by Crippen LogP contribution is -2.39. The van der Waals surface area contributed by atoms with Crippen LogP contribution in [-0.4, -0.2) is 37.6 Å². The number of nitrogens with zero attached hydrogens (tertiary/aromatic N) is 1. The Hall–Kier alpha value is -2.04. The van der Waals surface area contributed by atoms with Crippen molar-refractivity contribution >= 4 is 17.5 Å². The normalized spacial score (nSPS) is 16.2. The Balaban J connectivity index is 1.44. The third-order valence-corrected chi connectivity index (χ3v) is 5.00. The molecule has 1 atom stereocenters. The van der Waals surface area contributed by atoms with Crippen molar-refractivity contribution in [3.05, 3.63) is 64.7 Å². The van der Waals surface area contributed by atoms with E-state index in [0.29, 0.717) is 30.5 Å². The molecule has 0 saturated carbocycles. The van der Waals surface area contributed by atoms with Crippen LogP contribution in [0.2, 0.25) is 5.02 Å². The number of hydrogen-bond donors (Lipinski definition) is 1. The molecule has 1 amide bonds. The van der Waals surface area contributed by atoms with Gasteiger partial charge in [0.05, 0.1) is 17.6 Å². The highest BCUT2D eigenvalue weighted by Gasteiger charge is 2.21. The number of fused-ring (bicyclic) bond motifs is 1. The predicted molar refractivity (Wildman–Crippen MR) is 105 cm³/mol. The van der Waals surface area contributed by atoms with Crippen LogP contribution in [0.5, 0.6) is 5.75 Å². The number of hydrogen-bond acceptors (Lipinski definition) is 3. The second-order valence-corrected chi connectivity index (χ2v) is 7.14. The van der Waals surface area contributed by atoms with Crippen LogP contribution in [0.1, 0.15) is 30.0 Å². The van der Waals surface area contributed by atoms with E-state index in [1.165, 1.54) is 11.1 Å². The summed E-state index contributed by atoms with van der Waals surface area (Å²) in [4.78, 5) is 14.4. The summed E-state index contributed by atoms with van der Waals surface area (Å²) in [7, 11) is 1.92. The lowest BCUT2D eigenvalue weighted by atomic mass is 9.88. The van der Waals surface area contributed by atoms with Crippen LogP contribution in [-0.2, 0) is 11.2 Å². The summed E-state index contributed by atoms with van der Waals surface area (Å²) >= 11 is 6.07. The van der Waals surface area contributed by atoms with Crippen molar-refractivity contribution in [1.29, 1.82) is 0 Å². The van der Waals surface area contributed by atoms with Gasteiger partial charge in [0.2, 0.25) is 5.91 Å². The van der Waals surface area contributed by atoms with Crippen LogP contribution in [0.4, 0.5) is 0 Å². The zero-order chi connectivity index (χ0) is 18.4. The predicted octanol–water partition coefficient (Wildman–Crippen LogP) is 3.84. The zero-order valence-corrected chi connectivity index (χ0v) is 15.8. The van der Waals surface area contributed by atoms with E-state index >= 15 is 0 Å². The molecule has 26 heavy (non-hydrogen) atoms. The number of carbonyl (C=O) groups is 1. The monoisotopic (exact) mass is 372 g/mol. The number of halogens is 1. The third kappa shape index (κ3) is 4.99. The number of aryl methyl sites for hydroxylation is 1. The van der Waals surface area contributed by atoms with Crippen molar-refractivity contribution < 1.29 is 9.53 Å². The second kappa shape index (κ2) is 9.06. The molecule has 0 heterocycles. The van der Waals surface area contributed by atoms with E-state index in [4.69, 9.17) is 16.3 Å². The molecule has 5 heteroatoms. The smallest absolute Gasteiger partial charge is 0.234 e. The molecule has 0 aliphatic heterocycles. The molecule has 0 aromatic heterocycles. The molecule has 0 spiro atoms. The maximum atomic E-state index is 12.4. The van der Waals surface area contributed by atoms with Crippen LogP contribution < -0.4 is 10.1 Å². The minimum Gasteiger partial charge on any atom is -0.491 e. The average molecular weight is 373 g/mol. The van der Waals surface area contributed by atoms with Gasteiger partial charge in [0.25, 0.3) is 0 Å². The van der Waals surface area contributed by atoms with Gasteiger partial charge in [-0.2, -0.15) is 0 Å². The van der Waals surface area contributed by atoms with Gasteiger partial charge >= 0.3 is 0 Å². The van der Waals surface area contributed by atoms with Gasteiger partial charge in [-0.15, -0.1) is 0 Å². The van der Waals surface area contributed by atoms with Crippen LogP contribution in [0, 0.1) is 0 Å². The largest absolute Gasteiger partial charge is 0.491 e. The van der Waals surface area contributed by atoms with Crippen molar-refractivity contribution in [3.8, 4) is 5.75 Å². The number of ether oxygens (including phenoxy) is 1. The van der Waals surface area contributed by atoms with Crippen LogP contribution in [0.3, 0.4) is 0 Å². The van der Waals surface area contributed by atoms with Gasteiger partial charge in [-0.25, -0.2) is 0 Å². The molecule has 4 nitrogen and oxygen atoms in total. The van der Waals surface area contributed by atoms with Crippen molar-refractivity contribution in [3.63, 3.8) is 0 Å². The highest BCUT2D eigenvalue weighted by atomic mass is 35.5. The lowest BCUT2D eigenvalue weighted by molar-refractivity contribution is -0.122. The summed E-state index contributed by atoms with van der Waals surface area (Å²) < 4.78 is 5.68. The zero-order valence-electron chi connectivity index (χ0n) is 15.1. The first-order valence-electron chi connectivity index (χ1n) is 9.06. The van der Waals surface area contributed by atoms with E-state index in [2.05, 4.69) is 23.5 Å². The van der Waals surface area contributed by atoms with Gasteiger partial charge < -0.3 is 10.1 Å². The van der Waals surface area contributed by atoms with Crippen molar-refractivity contribution in [1.82, 2.24) is 10.2 Å². The molecule has 2 aromatic carbocycles. The lowest BCUT2D eigenvalue weighted by Gasteiger charge is -2.27. The molecule has 0 saturated heterocycles. The molecular formula is C21H25ClN2O2. The van der Waals surface area contributed by atoms with Crippen molar-refractivity contribution in [2.75, 3.05) is 26.7 Å². The summed E-state index contributed by atoms with van der Waals surface area (Å²) in [5.41, 5.74) is 2.61. The Morgan fingerprint density at radius 2 is 2.00 bits per heavy atom. The number of likely N-dealkylation sites (N-methyl/N-ethyl adjacent to an activating group) is 1. The number of carbonyl (C=O) groups excluding carboxylic acids is 1. The quantitative estimate of drug-likeness (QED) is 0.802. The number of nitrogens with one attached hydrogen (secondary N) is 1. The van der Waals surface area contributed by atoms with Gasteiger partial charge in [-0.1, -0.05) is 48.0 Å². The fourth-order valence-corrected chi connectivity index (χ4v) is 3.53. The maximum absolute atomic E-state index is 12.4. The molecular weight excluding hydrogens is 348 g/mol. The molecule has 0 unspecified atom stereocenters. The third-order valence-electron chi connectivity index (χ3n) is 4.69. The van der Waals surface area contributed by atoms with Gasteiger partial charge in [0, 0.05) is 6.54 Å². The fourth-order valence-electron chi connectivity index (χ4n) is 3.34. The molecule has 138 valence electrons. The molecule has 1 aliphatic carbocycles.